The number of amides is 1. The van der Waals surface area contributed by atoms with Crippen molar-refractivity contribution in [2.24, 2.45) is 0 Å². The van der Waals surface area contributed by atoms with Gasteiger partial charge in [-0.2, -0.15) is 11.3 Å². The molecule has 4 heteroatoms. The summed E-state index contributed by atoms with van der Waals surface area (Å²) in [5.74, 6) is -0.0450. The van der Waals surface area contributed by atoms with Gasteiger partial charge in [0.2, 0.25) is 0 Å². The molecule has 0 bridgehead atoms. The summed E-state index contributed by atoms with van der Waals surface area (Å²) in [7, 11) is 0. The van der Waals surface area contributed by atoms with Crippen LogP contribution in [-0.2, 0) is 0 Å². The molecule has 0 saturated heterocycles. The number of hydrogen-bond donors (Lipinski definition) is 1. The lowest BCUT2D eigenvalue weighted by atomic mass is 10.0. The molecule has 0 aliphatic carbocycles. The van der Waals surface area contributed by atoms with E-state index in [0.29, 0.717) is 5.56 Å². The minimum Gasteiger partial charge on any atom is -0.340 e. The summed E-state index contributed by atoms with van der Waals surface area (Å²) in [6, 6.07) is 19.9. The maximum absolute atomic E-state index is 13.0. The Morgan fingerprint density at radius 2 is 1.79 bits per heavy atom. The molecule has 118 valence electrons. The van der Waals surface area contributed by atoms with Gasteiger partial charge in [-0.3, -0.25) is 4.79 Å². The predicted octanol–water partition coefficient (Wildman–Crippen LogP) is 5.48. The fourth-order valence-electron chi connectivity index (χ4n) is 2.85. The van der Waals surface area contributed by atoms with Crippen LogP contribution in [0.2, 0.25) is 0 Å². The topological polar surface area (TPSA) is 29.1 Å². The van der Waals surface area contributed by atoms with E-state index in [2.05, 4.69) is 22.8 Å². The minimum atomic E-state index is -0.109. The van der Waals surface area contributed by atoms with Crippen LogP contribution < -0.4 is 5.32 Å². The maximum Gasteiger partial charge on any atom is 0.252 e. The van der Waals surface area contributed by atoms with Crippen molar-refractivity contribution in [1.29, 1.82) is 0 Å². The van der Waals surface area contributed by atoms with Crippen LogP contribution in [0.5, 0.6) is 0 Å². The molecule has 4 aromatic rings. The second kappa shape index (κ2) is 6.59. The molecule has 1 N–H and O–H groups in total. The first-order valence-electron chi connectivity index (χ1n) is 7.67. The van der Waals surface area contributed by atoms with Crippen LogP contribution in [0.3, 0.4) is 0 Å². The molecule has 1 atom stereocenters. The van der Waals surface area contributed by atoms with E-state index in [1.54, 1.807) is 22.7 Å². The van der Waals surface area contributed by atoms with E-state index in [1.165, 1.54) is 0 Å². The molecule has 0 spiro atoms. The van der Waals surface area contributed by atoms with Crippen LogP contribution in [0.15, 0.2) is 76.8 Å². The summed E-state index contributed by atoms with van der Waals surface area (Å²) < 4.78 is 0. The van der Waals surface area contributed by atoms with Gasteiger partial charge in [0.15, 0.2) is 0 Å². The quantitative estimate of drug-likeness (QED) is 0.519. The normalized spacial score (nSPS) is 12.2. The summed E-state index contributed by atoms with van der Waals surface area (Å²) in [5, 5.41) is 11.4. The van der Waals surface area contributed by atoms with Gasteiger partial charge < -0.3 is 5.32 Å². The molecule has 2 aromatic carbocycles. The van der Waals surface area contributed by atoms with E-state index < -0.39 is 0 Å². The van der Waals surface area contributed by atoms with Crippen molar-refractivity contribution < 1.29 is 4.79 Å². The van der Waals surface area contributed by atoms with Crippen molar-refractivity contribution in [3.05, 3.63) is 92.8 Å². The minimum absolute atomic E-state index is 0.0450. The van der Waals surface area contributed by atoms with E-state index >= 15 is 0 Å². The molecular weight excluding hydrogens is 334 g/mol. The highest BCUT2D eigenvalue weighted by Gasteiger charge is 2.20. The number of thiophene rings is 2. The van der Waals surface area contributed by atoms with Crippen molar-refractivity contribution >= 4 is 39.4 Å². The molecule has 2 heterocycles. The lowest BCUT2D eigenvalue weighted by molar-refractivity contribution is 0.0945. The third kappa shape index (κ3) is 2.86. The molecule has 24 heavy (non-hydrogen) atoms. The third-order valence-corrected chi connectivity index (χ3v) is 5.65. The van der Waals surface area contributed by atoms with Crippen molar-refractivity contribution in [3.63, 3.8) is 0 Å². The van der Waals surface area contributed by atoms with Gasteiger partial charge in [0.25, 0.3) is 5.91 Å². The number of carbonyl (C=O) groups is 1. The fraction of sp³-hybridized carbons (Fsp3) is 0.0500. The number of benzene rings is 2. The zero-order chi connectivity index (χ0) is 16.4. The smallest absolute Gasteiger partial charge is 0.252 e. The lowest BCUT2D eigenvalue weighted by Crippen LogP contribution is -2.28. The predicted molar refractivity (Wildman–Crippen MR) is 102 cm³/mol. The number of hydrogen-bond acceptors (Lipinski definition) is 3. The van der Waals surface area contributed by atoms with Gasteiger partial charge in [-0.25, -0.2) is 0 Å². The molecule has 0 unspecified atom stereocenters. The number of nitrogens with one attached hydrogen (secondary N) is 1. The SMILES string of the molecule is O=C(N[C@H](c1ccsc1)c1cccs1)c1cccc2ccccc12. The Hall–Kier alpha value is -2.43. The zero-order valence-corrected chi connectivity index (χ0v) is 14.4. The zero-order valence-electron chi connectivity index (χ0n) is 12.8. The van der Waals surface area contributed by atoms with Gasteiger partial charge in [0.05, 0.1) is 6.04 Å². The van der Waals surface area contributed by atoms with Crippen molar-refractivity contribution in [2.45, 2.75) is 6.04 Å². The second-order valence-electron chi connectivity index (χ2n) is 5.51. The highest BCUT2D eigenvalue weighted by atomic mass is 32.1. The molecular formula is C20H15NOS2. The highest BCUT2D eigenvalue weighted by Crippen LogP contribution is 2.28. The summed E-state index contributed by atoms with van der Waals surface area (Å²) >= 11 is 3.30. The summed E-state index contributed by atoms with van der Waals surface area (Å²) in [4.78, 5) is 14.1. The Bertz CT molecular complexity index is 919. The number of rotatable bonds is 4. The summed E-state index contributed by atoms with van der Waals surface area (Å²) in [6.45, 7) is 0. The maximum atomic E-state index is 13.0. The Labute approximate surface area is 148 Å². The molecule has 1 amide bonds. The van der Waals surface area contributed by atoms with Gasteiger partial charge in [0.1, 0.15) is 0 Å². The van der Waals surface area contributed by atoms with Gasteiger partial charge in [-0.05, 0) is 50.7 Å². The van der Waals surface area contributed by atoms with E-state index in [4.69, 9.17) is 0 Å². The van der Waals surface area contributed by atoms with E-state index in [1.807, 2.05) is 59.3 Å². The Kier molecular flexibility index (Phi) is 4.15. The highest BCUT2D eigenvalue weighted by molar-refractivity contribution is 7.10. The monoisotopic (exact) mass is 349 g/mol. The number of carbonyl (C=O) groups excluding carboxylic acids is 1. The largest absolute Gasteiger partial charge is 0.340 e. The third-order valence-electron chi connectivity index (χ3n) is 4.01. The van der Waals surface area contributed by atoms with Gasteiger partial charge in [-0.15, -0.1) is 11.3 Å². The van der Waals surface area contributed by atoms with E-state index in [-0.39, 0.29) is 11.9 Å². The molecule has 2 nitrogen and oxygen atoms in total. The molecule has 0 radical (unpaired) electrons. The Morgan fingerprint density at radius 3 is 2.58 bits per heavy atom. The first kappa shape index (κ1) is 15.1. The van der Waals surface area contributed by atoms with Crippen LogP contribution in [0.4, 0.5) is 0 Å². The van der Waals surface area contributed by atoms with Crippen LogP contribution in [0, 0.1) is 0 Å². The van der Waals surface area contributed by atoms with Crippen LogP contribution in [0.25, 0.3) is 10.8 Å². The molecule has 0 aliphatic rings. The lowest BCUT2D eigenvalue weighted by Gasteiger charge is -2.17. The first-order chi connectivity index (χ1) is 11.8. The summed E-state index contributed by atoms with van der Waals surface area (Å²) in [5.41, 5.74) is 1.83. The van der Waals surface area contributed by atoms with E-state index in [9.17, 15) is 4.79 Å². The molecule has 2 aromatic heterocycles. The second-order valence-corrected chi connectivity index (χ2v) is 7.26. The molecule has 4 rings (SSSR count). The first-order valence-corrected chi connectivity index (χ1v) is 9.49. The van der Waals surface area contributed by atoms with Crippen LogP contribution >= 0.6 is 22.7 Å². The van der Waals surface area contributed by atoms with Crippen molar-refractivity contribution in [2.75, 3.05) is 0 Å². The molecule has 0 aliphatic heterocycles. The number of fused-ring (bicyclic) bond motifs is 1. The average Bonchev–Trinajstić information content (AvgIpc) is 3.32. The van der Waals surface area contributed by atoms with Crippen LogP contribution in [0.1, 0.15) is 26.8 Å². The molecule has 0 saturated carbocycles. The van der Waals surface area contributed by atoms with E-state index in [0.717, 1.165) is 21.2 Å². The van der Waals surface area contributed by atoms with Crippen LogP contribution in [-0.4, -0.2) is 5.91 Å². The fourth-order valence-corrected chi connectivity index (χ4v) is 4.33. The summed E-state index contributed by atoms with van der Waals surface area (Å²) in [6.07, 6.45) is 0. The Morgan fingerprint density at radius 1 is 0.917 bits per heavy atom. The molecule has 0 fully saturated rings. The standard InChI is InChI=1S/C20H15NOS2/c22-20(17-8-3-6-14-5-1-2-7-16(14)17)21-19(15-10-12-23-13-15)18-9-4-11-24-18/h1-13,19H,(H,21,22)/t19-/m1/s1. The van der Waals surface area contributed by atoms with Crippen molar-refractivity contribution in [3.8, 4) is 0 Å². The van der Waals surface area contributed by atoms with Gasteiger partial charge in [-0.1, -0.05) is 42.5 Å². The van der Waals surface area contributed by atoms with Crippen molar-refractivity contribution in [1.82, 2.24) is 5.32 Å². The average molecular weight is 349 g/mol. The van der Waals surface area contributed by atoms with Gasteiger partial charge >= 0.3 is 0 Å². The van der Waals surface area contributed by atoms with Gasteiger partial charge in [0, 0.05) is 10.4 Å². The Balaban J connectivity index is 1.71.